The summed E-state index contributed by atoms with van der Waals surface area (Å²) in [5.74, 6) is 0.674. The highest BCUT2D eigenvalue weighted by Gasteiger charge is 2.05. The Hall–Kier alpha value is -0.960. The molecule has 0 atom stereocenters. The molecule has 0 saturated heterocycles. The molecule has 0 saturated carbocycles. The van der Waals surface area contributed by atoms with Crippen molar-refractivity contribution in [1.82, 2.24) is 9.97 Å². The number of rotatable bonds is 1. The molecular weight excluding hydrogens is 198 g/mol. The number of aromatic nitrogens is 2. The summed E-state index contributed by atoms with van der Waals surface area (Å²) in [6, 6.07) is 0. The van der Waals surface area contributed by atoms with Crippen LogP contribution in [0.1, 0.15) is 32.3 Å². The van der Waals surface area contributed by atoms with E-state index in [9.17, 15) is 0 Å². The van der Waals surface area contributed by atoms with E-state index in [4.69, 9.17) is 11.6 Å². The van der Waals surface area contributed by atoms with E-state index < -0.39 is 0 Å². The Labute approximate surface area is 90.3 Å². The smallest absolute Gasteiger partial charge is 0.158 e. The van der Waals surface area contributed by atoms with Crippen molar-refractivity contribution in [3.63, 3.8) is 0 Å². The molecule has 0 spiro atoms. The van der Waals surface area contributed by atoms with Crippen LogP contribution < -0.4 is 0 Å². The maximum absolute atomic E-state index is 5.85. The van der Waals surface area contributed by atoms with Gasteiger partial charge in [0.15, 0.2) is 5.15 Å². The molecule has 3 nitrogen and oxygen atoms in total. The van der Waals surface area contributed by atoms with E-state index in [0.29, 0.717) is 16.7 Å². The van der Waals surface area contributed by atoms with Gasteiger partial charge in [-0.25, -0.2) is 9.97 Å². The summed E-state index contributed by atoms with van der Waals surface area (Å²) in [5.41, 5.74) is 1.47. The third-order valence-corrected chi connectivity index (χ3v) is 1.65. The van der Waals surface area contributed by atoms with Gasteiger partial charge >= 0.3 is 0 Å². The molecule has 0 bridgehead atoms. The molecule has 0 aliphatic heterocycles. The molecule has 14 heavy (non-hydrogen) atoms. The highest BCUT2D eigenvalue weighted by molar-refractivity contribution is 6.31. The first-order valence-electron chi connectivity index (χ1n) is 4.64. The minimum Gasteiger partial charge on any atom is -0.256 e. The Bertz CT molecular complexity index is 298. The highest BCUT2D eigenvalue weighted by atomic mass is 35.5. The number of nitrogens with zero attached hydrogens (tertiary/aromatic N) is 3. The Balaban J connectivity index is 0.000000791. The van der Waals surface area contributed by atoms with E-state index in [1.807, 2.05) is 27.7 Å². The normalized spacial score (nSPS) is 9.86. The maximum Gasteiger partial charge on any atom is 0.158 e. The van der Waals surface area contributed by atoms with E-state index >= 15 is 0 Å². The molecule has 4 heteroatoms. The summed E-state index contributed by atoms with van der Waals surface area (Å²) in [6.45, 7) is 9.50. The van der Waals surface area contributed by atoms with Crippen LogP contribution in [0, 0.1) is 13.8 Å². The summed E-state index contributed by atoms with van der Waals surface area (Å²) < 4.78 is 0. The van der Waals surface area contributed by atoms with Crippen molar-refractivity contribution >= 4 is 23.5 Å². The van der Waals surface area contributed by atoms with Crippen molar-refractivity contribution in [3.8, 4) is 0 Å². The largest absolute Gasteiger partial charge is 0.256 e. The van der Waals surface area contributed by atoms with Gasteiger partial charge in [-0.1, -0.05) is 25.4 Å². The fourth-order valence-corrected chi connectivity index (χ4v) is 1.25. The van der Waals surface area contributed by atoms with Crippen molar-refractivity contribution in [1.29, 1.82) is 0 Å². The quantitative estimate of drug-likeness (QED) is 0.529. The van der Waals surface area contributed by atoms with Gasteiger partial charge in [0.2, 0.25) is 0 Å². The third kappa shape index (κ3) is 3.42. The molecule has 0 N–H and O–H groups in total. The topological polar surface area (TPSA) is 38.1 Å². The molecule has 0 unspecified atom stereocenters. The molecule has 0 amide bonds. The fourth-order valence-electron chi connectivity index (χ4n) is 0.941. The molecule has 0 radical (unpaired) electrons. The second kappa shape index (κ2) is 6.49. The van der Waals surface area contributed by atoms with Crippen LogP contribution in [0.4, 0.5) is 5.69 Å². The fraction of sp³-hybridized carbons (Fsp3) is 0.500. The van der Waals surface area contributed by atoms with Gasteiger partial charge in [-0.05, 0) is 20.8 Å². The molecule has 1 aromatic rings. The Morgan fingerprint density at radius 1 is 1.21 bits per heavy atom. The maximum atomic E-state index is 5.85. The van der Waals surface area contributed by atoms with Crippen LogP contribution in [0.15, 0.2) is 4.99 Å². The second-order valence-electron chi connectivity index (χ2n) is 2.38. The minimum atomic E-state index is 0.415. The summed E-state index contributed by atoms with van der Waals surface area (Å²) in [6.07, 6.45) is 1.67. The number of hydrogen-bond acceptors (Lipinski definition) is 3. The Morgan fingerprint density at radius 3 is 2.21 bits per heavy atom. The van der Waals surface area contributed by atoms with E-state index in [-0.39, 0.29) is 0 Å². The first-order chi connectivity index (χ1) is 6.65. The van der Waals surface area contributed by atoms with Crippen molar-refractivity contribution in [3.05, 3.63) is 16.7 Å². The minimum absolute atomic E-state index is 0.415. The lowest BCUT2D eigenvalue weighted by atomic mass is 10.4. The van der Waals surface area contributed by atoms with Gasteiger partial charge in [0.05, 0.1) is 5.69 Å². The van der Waals surface area contributed by atoms with Crippen LogP contribution in [0.2, 0.25) is 5.15 Å². The molecule has 78 valence electrons. The van der Waals surface area contributed by atoms with Gasteiger partial charge in [0.1, 0.15) is 11.5 Å². The highest BCUT2D eigenvalue weighted by Crippen LogP contribution is 2.24. The van der Waals surface area contributed by atoms with Gasteiger partial charge in [-0.2, -0.15) is 0 Å². The number of aryl methyl sites for hydroxylation is 2. The number of halogens is 1. The first kappa shape index (κ1) is 13.0. The second-order valence-corrected chi connectivity index (χ2v) is 2.74. The van der Waals surface area contributed by atoms with Gasteiger partial charge < -0.3 is 0 Å². The van der Waals surface area contributed by atoms with Gasteiger partial charge in [-0.15, -0.1) is 0 Å². The van der Waals surface area contributed by atoms with E-state index in [2.05, 4.69) is 15.0 Å². The third-order valence-electron chi connectivity index (χ3n) is 1.39. The SMILES string of the molecule is CC.CC=Nc1c(C)nc(C)nc1Cl. The van der Waals surface area contributed by atoms with Crippen LogP contribution in [-0.2, 0) is 0 Å². The zero-order valence-corrected chi connectivity index (χ0v) is 10.1. The summed E-state index contributed by atoms with van der Waals surface area (Å²) >= 11 is 5.85. The van der Waals surface area contributed by atoms with Crippen molar-refractivity contribution in [2.45, 2.75) is 34.6 Å². The Kier molecular flexibility index (Phi) is 6.04. The molecule has 0 fully saturated rings. The molecule has 0 aliphatic rings. The molecule has 0 aromatic carbocycles. The molecule has 1 aromatic heterocycles. The van der Waals surface area contributed by atoms with Gasteiger partial charge in [-0.3, -0.25) is 4.99 Å². The standard InChI is InChI=1S/C8H10ClN3.C2H6/c1-4-10-7-5(2)11-6(3)12-8(7)9;1-2/h4H,1-3H3;1-2H3. The molecule has 0 aliphatic carbocycles. The van der Waals surface area contributed by atoms with Crippen LogP contribution in [0.3, 0.4) is 0 Å². The molecular formula is C10H16ClN3. The van der Waals surface area contributed by atoms with E-state index in [1.54, 1.807) is 13.1 Å². The lowest BCUT2D eigenvalue weighted by Crippen LogP contribution is -1.92. The van der Waals surface area contributed by atoms with Crippen molar-refractivity contribution < 1.29 is 0 Å². The van der Waals surface area contributed by atoms with Crippen LogP contribution >= 0.6 is 11.6 Å². The zero-order valence-electron chi connectivity index (χ0n) is 9.30. The van der Waals surface area contributed by atoms with Crippen LogP contribution in [0.25, 0.3) is 0 Å². The number of aliphatic imine (C=N–C) groups is 1. The van der Waals surface area contributed by atoms with Crippen LogP contribution in [-0.4, -0.2) is 16.2 Å². The lowest BCUT2D eigenvalue weighted by molar-refractivity contribution is 1.01. The monoisotopic (exact) mass is 213 g/mol. The molecule has 1 rings (SSSR count). The number of hydrogen-bond donors (Lipinski definition) is 0. The van der Waals surface area contributed by atoms with E-state index in [0.717, 1.165) is 5.69 Å². The van der Waals surface area contributed by atoms with Crippen LogP contribution in [0.5, 0.6) is 0 Å². The predicted molar refractivity (Wildman–Crippen MR) is 61.7 cm³/mol. The van der Waals surface area contributed by atoms with E-state index in [1.165, 1.54) is 0 Å². The summed E-state index contributed by atoms with van der Waals surface area (Å²) in [7, 11) is 0. The lowest BCUT2D eigenvalue weighted by Gasteiger charge is -2.01. The van der Waals surface area contributed by atoms with Crippen molar-refractivity contribution in [2.24, 2.45) is 4.99 Å². The van der Waals surface area contributed by atoms with Gasteiger partial charge in [0.25, 0.3) is 0 Å². The zero-order chi connectivity index (χ0) is 11.1. The van der Waals surface area contributed by atoms with Crippen molar-refractivity contribution in [2.75, 3.05) is 0 Å². The molecule has 1 heterocycles. The summed E-state index contributed by atoms with van der Waals surface area (Å²) in [5, 5.41) is 0.415. The predicted octanol–water partition coefficient (Wildman–Crippen LogP) is 3.50. The first-order valence-corrected chi connectivity index (χ1v) is 5.02. The van der Waals surface area contributed by atoms with Gasteiger partial charge in [0, 0.05) is 6.21 Å². The average Bonchev–Trinajstić information content (AvgIpc) is 2.14. The summed E-state index contributed by atoms with van der Waals surface area (Å²) in [4.78, 5) is 12.2. The Morgan fingerprint density at radius 2 is 1.79 bits per heavy atom. The average molecular weight is 214 g/mol.